The lowest BCUT2D eigenvalue weighted by atomic mass is 10.0. The molecule has 478 valence electrons. The van der Waals surface area contributed by atoms with Crippen LogP contribution in [0, 0.1) is 0 Å². The molecule has 0 aromatic heterocycles. The molecule has 1 unspecified atom stereocenters. The first-order valence-corrected chi connectivity index (χ1v) is 36.3. The number of rotatable bonds is 67. The Balaban J connectivity index is 4.05. The quantitative estimate of drug-likeness (QED) is 0.0261. The highest BCUT2D eigenvalue weighted by Gasteiger charge is 2.19. The van der Waals surface area contributed by atoms with Crippen LogP contribution in [-0.4, -0.2) is 37.2 Å². The van der Waals surface area contributed by atoms with E-state index in [1.165, 1.54) is 250 Å². The first kappa shape index (κ1) is 79.1. The Labute approximate surface area is 510 Å². The molecule has 0 aliphatic rings. The average Bonchev–Trinajstić information content (AvgIpc) is 3.48. The fourth-order valence-corrected chi connectivity index (χ4v) is 10.9. The molecule has 0 aliphatic carbocycles. The summed E-state index contributed by atoms with van der Waals surface area (Å²) >= 11 is 0. The van der Waals surface area contributed by atoms with E-state index in [0.29, 0.717) is 19.3 Å². The van der Waals surface area contributed by atoms with Crippen molar-refractivity contribution in [3.8, 4) is 0 Å². The Morgan fingerprint density at radius 2 is 0.476 bits per heavy atom. The van der Waals surface area contributed by atoms with Crippen molar-refractivity contribution in [3.63, 3.8) is 0 Å². The molecule has 82 heavy (non-hydrogen) atoms. The summed E-state index contributed by atoms with van der Waals surface area (Å²) in [5.41, 5.74) is 0. The zero-order chi connectivity index (χ0) is 59.2. The molecule has 0 amide bonds. The van der Waals surface area contributed by atoms with E-state index in [-0.39, 0.29) is 31.1 Å². The number of ether oxygens (including phenoxy) is 3. The first-order chi connectivity index (χ1) is 40.5. The van der Waals surface area contributed by atoms with Crippen LogP contribution in [0.1, 0.15) is 387 Å². The standard InChI is InChI=1S/C76H138O6/c1-4-7-10-13-16-19-22-24-26-28-30-31-32-33-34-35-36-37-38-39-40-41-42-43-44-45-47-48-50-52-54-57-60-63-66-69-75(78)81-72-73(71-80-74(77)68-65-62-59-56-21-18-15-12-9-6-3)82-76(79)70-67-64-61-58-55-53-51-49-46-29-27-25-23-20-17-14-11-8-5-2/h8,11,17,20,25,27,46,49,53,55,73H,4-7,9-10,12-16,18-19,21-24,26,28-45,47-48,50-52,54,56-72H2,1-3H3/b11-8-,20-17-,27-25-,49-46-,55-53-. The minimum Gasteiger partial charge on any atom is -0.462 e. The second kappa shape index (κ2) is 70.6. The van der Waals surface area contributed by atoms with E-state index in [1.807, 2.05) is 0 Å². The Kier molecular flexibility index (Phi) is 68.1. The average molecular weight is 1150 g/mol. The van der Waals surface area contributed by atoms with Gasteiger partial charge in [-0.05, 0) is 64.2 Å². The van der Waals surface area contributed by atoms with Crippen LogP contribution in [0.2, 0.25) is 0 Å². The minimum atomic E-state index is -0.790. The second-order valence-corrected chi connectivity index (χ2v) is 24.5. The summed E-state index contributed by atoms with van der Waals surface area (Å²) in [6.45, 7) is 6.54. The predicted molar refractivity (Wildman–Crippen MR) is 358 cm³/mol. The van der Waals surface area contributed by atoms with E-state index < -0.39 is 6.10 Å². The summed E-state index contributed by atoms with van der Waals surface area (Å²) in [6, 6.07) is 0. The van der Waals surface area contributed by atoms with Crippen molar-refractivity contribution in [2.45, 2.75) is 393 Å². The maximum absolute atomic E-state index is 12.9. The monoisotopic (exact) mass is 1150 g/mol. The third kappa shape index (κ3) is 67.9. The Bertz CT molecular complexity index is 1460. The lowest BCUT2D eigenvalue weighted by molar-refractivity contribution is -0.167. The van der Waals surface area contributed by atoms with Gasteiger partial charge in [0.2, 0.25) is 0 Å². The smallest absolute Gasteiger partial charge is 0.306 e. The van der Waals surface area contributed by atoms with Gasteiger partial charge >= 0.3 is 17.9 Å². The van der Waals surface area contributed by atoms with Gasteiger partial charge in [-0.3, -0.25) is 14.4 Å². The number of carbonyl (C=O) groups excluding carboxylic acids is 3. The van der Waals surface area contributed by atoms with Crippen LogP contribution in [0.15, 0.2) is 60.8 Å². The van der Waals surface area contributed by atoms with Crippen molar-refractivity contribution in [1.82, 2.24) is 0 Å². The number of unbranched alkanes of at least 4 members (excludes halogenated alkanes) is 46. The van der Waals surface area contributed by atoms with Crippen molar-refractivity contribution in [3.05, 3.63) is 60.8 Å². The van der Waals surface area contributed by atoms with E-state index in [1.54, 1.807) is 0 Å². The van der Waals surface area contributed by atoms with Crippen LogP contribution in [0.5, 0.6) is 0 Å². The summed E-state index contributed by atoms with van der Waals surface area (Å²) < 4.78 is 16.9. The predicted octanol–water partition coefficient (Wildman–Crippen LogP) is 25.1. The molecule has 0 aromatic rings. The van der Waals surface area contributed by atoms with Gasteiger partial charge in [0.1, 0.15) is 13.2 Å². The van der Waals surface area contributed by atoms with E-state index in [4.69, 9.17) is 14.2 Å². The maximum atomic E-state index is 12.9. The minimum absolute atomic E-state index is 0.0835. The van der Waals surface area contributed by atoms with E-state index in [0.717, 1.165) is 96.3 Å². The van der Waals surface area contributed by atoms with E-state index >= 15 is 0 Å². The molecule has 0 radical (unpaired) electrons. The second-order valence-electron chi connectivity index (χ2n) is 24.5. The summed E-state index contributed by atoms with van der Waals surface area (Å²) in [6.07, 6.45) is 91.5. The van der Waals surface area contributed by atoms with Crippen molar-refractivity contribution in [2.24, 2.45) is 0 Å². The first-order valence-electron chi connectivity index (χ1n) is 36.3. The zero-order valence-corrected chi connectivity index (χ0v) is 55.0. The van der Waals surface area contributed by atoms with Gasteiger partial charge in [-0.15, -0.1) is 0 Å². The molecule has 0 N–H and O–H groups in total. The van der Waals surface area contributed by atoms with Gasteiger partial charge in [0.25, 0.3) is 0 Å². The Morgan fingerprint density at radius 3 is 0.744 bits per heavy atom. The molecule has 0 spiro atoms. The molecular formula is C76H138O6. The van der Waals surface area contributed by atoms with Gasteiger partial charge in [0.15, 0.2) is 6.10 Å². The molecule has 0 rings (SSSR count). The molecule has 6 nitrogen and oxygen atoms in total. The summed E-state index contributed by atoms with van der Waals surface area (Å²) in [4.78, 5) is 38.3. The molecule has 0 fully saturated rings. The molecule has 6 heteroatoms. The molecule has 0 heterocycles. The molecule has 0 aromatic carbocycles. The summed E-state index contributed by atoms with van der Waals surface area (Å²) in [5.74, 6) is -0.897. The molecule has 0 bridgehead atoms. The van der Waals surface area contributed by atoms with Gasteiger partial charge in [-0.1, -0.05) is 364 Å². The summed E-state index contributed by atoms with van der Waals surface area (Å²) in [5, 5.41) is 0. The van der Waals surface area contributed by atoms with E-state index in [2.05, 4.69) is 81.5 Å². The molecule has 0 aliphatic heterocycles. The van der Waals surface area contributed by atoms with Gasteiger partial charge < -0.3 is 14.2 Å². The highest BCUT2D eigenvalue weighted by Crippen LogP contribution is 2.19. The molecule has 0 saturated carbocycles. The van der Waals surface area contributed by atoms with Gasteiger partial charge in [-0.25, -0.2) is 0 Å². The highest BCUT2D eigenvalue weighted by molar-refractivity contribution is 5.71. The van der Waals surface area contributed by atoms with Crippen molar-refractivity contribution >= 4 is 17.9 Å². The van der Waals surface area contributed by atoms with Gasteiger partial charge in [0.05, 0.1) is 0 Å². The van der Waals surface area contributed by atoms with Crippen LogP contribution >= 0.6 is 0 Å². The number of esters is 3. The lowest BCUT2D eigenvalue weighted by Gasteiger charge is -2.18. The van der Waals surface area contributed by atoms with Crippen LogP contribution < -0.4 is 0 Å². The number of carbonyl (C=O) groups is 3. The van der Waals surface area contributed by atoms with Crippen molar-refractivity contribution < 1.29 is 28.6 Å². The van der Waals surface area contributed by atoms with Gasteiger partial charge in [0, 0.05) is 19.3 Å². The maximum Gasteiger partial charge on any atom is 0.306 e. The van der Waals surface area contributed by atoms with Crippen molar-refractivity contribution in [2.75, 3.05) is 13.2 Å². The van der Waals surface area contributed by atoms with E-state index in [9.17, 15) is 14.4 Å². The van der Waals surface area contributed by atoms with Crippen LogP contribution in [0.25, 0.3) is 0 Å². The zero-order valence-electron chi connectivity index (χ0n) is 55.0. The number of allylic oxidation sites excluding steroid dienone is 10. The third-order valence-electron chi connectivity index (χ3n) is 16.3. The number of hydrogen-bond donors (Lipinski definition) is 0. The van der Waals surface area contributed by atoms with Crippen LogP contribution in [0.3, 0.4) is 0 Å². The lowest BCUT2D eigenvalue weighted by Crippen LogP contribution is -2.30. The Hall–Kier alpha value is -2.89. The highest BCUT2D eigenvalue weighted by atomic mass is 16.6. The summed E-state index contributed by atoms with van der Waals surface area (Å²) in [7, 11) is 0. The van der Waals surface area contributed by atoms with Crippen LogP contribution in [0.4, 0.5) is 0 Å². The van der Waals surface area contributed by atoms with Gasteiger partial charge in [-0.2, -0.15) is 0 Å². The normalized spacial score (nSPS) is 12.4. The molecular weight excluding hydrogens is 1010 g/mol. The Morgan fingerprint density at radius 1 is 0.256 bits per heavy atom. The molecule has 1 atom stereocenters. The SMILES string of the molecule is CC/C=C\C/C=C\C/C=C\C/C=C\C/C=C\CCCCCC(=O)OC(COC(=O)CCCCCCCCCCCC)COC(=O)CCCCCCCCCCCCCCCCCCCCCCCCCCCCCCCCCCCCC. The van der Waals surface area contributed by atoms with Crippen LogP contribution in [-0.2, 0) is 28.6 Å². The largest absolute Gasteiger partial charge is 0.462 e. The third-order valence-corrected chi connectivity index (χ3v) is 16.3. The fourth-order valence-electron chi connectivity index (χ4n) is 10.9. The van der Waals surface area contributed by atoms with Crippen molar-refractivity contribution in [1.29, 1.82) is 0 Å². The topological polar surface area (TPSA) is 78.9 Å². The molecule has 0 saturated heterocycles. The number of hydrogen-bond acceptors (Lipinski definition) is 6. The fraction of sp³-hybridized carbons (Fsp3) is 0.829.